The number of fused-ring (bicyclic) bond motifs is 1. The topological polar surface area (TPSA) is 76.5 Å². The van der Waals surface area contributed by atoms with Crippen molar-refractivity contribution in [3.8, 4) is 0 Å². The Labute approximate surface area is 145 Å². The predicted molar refractivity (Wildman–Crippen MR) is 97.5 cm³/mol. The summed E-state index contributed by atoms with van der Waals surface area (Å²) in [5.74, 6) is 0.0386. The largest absolute Gasteiger partial charge is 0.461 e. The molecule has 3 aromatic rings. The van der Waals surface area contributed by atoms with Crippen molar-refractivity contribution in [2.75, 3.05) is 12.0 Å². The molecule has 0 aliphatic heterocycles. The van der Waals surface area contributed by atoms with E-state index in [-0.39, 0.29) is 12.3 Å². The van der Waals surface area contributed by atoms with Crippen LogP contribution in [0.1, 0.15) is 18.1 Å². The fourth-order valence-electron chi connectivity index (χ4n) is 2.34. The van der Waals surface area contributed by atoms with Gasteiger partial charge in [-0.05, 0) is 26.0 Å². The van der Waals surface area contributed by atoms with E-state index in [1.165, 1.54) is 6.33 Å². The normalized spacial score (nSPS) is 11.4. The highest BCUT2D eigenvalue weighted by Crippen LogP contribution is 2.18. The van der Waals surface area contributed by atoms with Crippen molar-refractivity contribution >= 4 is 28.4 Å². The molecule has 0 saturated carbocycles. The van der Waals surface area contributed by atoms with Crippen LogP contribution in [-0.4, -0.2) is 28.3 Å². The zero-order valence-corrected chi connectivity index (χ0v) is 14.1. The lowest BCUT2D eigenvalue weighted by Crippen LogP contribution is -2.20. The van der Waals surface area contributed by atoms with Crippen LogP contribution in [0.25, 0.3) is 10.9 Å². The molecule has 25 heavy (non-hydrogen) atoms. The van der Waals surface area contributed by atoms with E-state index >= 15 is 0 Å². The van der Waals surface area contributed by atoms with Gasteiger partial charge in [-0.15, -0.1) is 0 Å². The van der Waals surface area contributed by atoms with Gasteiger partial charge in [0.2, 0.25) is 0 Å². The van der Waals surface area contributed by atoms with E-state index in [1.54, 1.807) is 6.92 Å². The number of carbonyl (C=O) groups excluding carboxylic acids is 1. The van der Waals surface area contributed by atoms with E-state index in [4.69, 9.17) is 4.74 Å². The molecule has 0 saturated heterocycles. The molecular formula is C19H18N4O2. The van der Waals surface area contributed by atoms with Crippen molar-refractivity contribution in [2.45, 2.75) is 13.8 Å². The zero-order chi connectivity index (χ0) is 17.6. The van der Waals surface area contributed by atoms with Crippen LogP contribution in [-0.2, 0) is 9.53 Å². The summed E-state index contributed by atoms with van der Waals surface area (Å²) >= 11 is 0. The SMILES string of the molecule is CCOC(=O)C(=NNc1ncnc2ccccc12)c1ccc(C)cc1. The number of ether oxygens (including phenoxy) is 1. The Hall–Kier alpha value is -3.28. The maximum Gasteiger partial charge on any atom is 0.359 e. The number of aromatic nitrogens is 2. The highest BCUT2D eigenvalue weighted by atomic mass is 16.5. The average Bonchev–Trinajstić information content (AvgIpc) is 2.63. The number of hydrazone groups is 1. The van der Waals surface area contributed by atoms with Gasteiger partial charge in [0.25, 0.3) is 0 Å². The van der Waals surface area contributed by atoms with Crippen LogP contribution >= 0.6 is 0 Å². The van der Waals surface area contributed by atoms with Crippen LogP contribution in [0.2, 0.25) is 0 Å². The van der Waals surface area contributed by atoms with Crippen molar-refractivity contribution in [3.63, 3.8) is 0 Å². The lowest BCUT2D eigenvalue weighted by molar-refractivity contribution is -0.134. The number of carbonyl (C=O) groups is 1. The second-order valence-electron chi connectivity index (χ2n) is 5.40. The molecule has 1 heterocycles. The Balaban J connectivity index is 1.97. The number of para-hydroxylation sites is 1. The number of benzene rings is 2. The minimum absolute atomic E-state index is 0.199. The summed E-state index contributed by atoms with van der Waals surface area (Å²) in [5.41, 5.74) is 5.64. The molecule has 126 valence electrons. The van der Waals surface area contributed by atoms with Gasteiger partial charge in [-0.1, -0.05) is 42.0 Å². The molecule has 0 bridgehead atoms. The van der Waals surface area contributed by atoms with E-state index in [0.717, 1.165) is 16.5 Å². The van der Waals surface area contributed by atoms with Gasteiger partial charge < -0.3 is 4.74 Å². The number of nitrogens with one attached hydrogen (secondary N) is 1. The standard InChI is InChI=1S/C19H18N4O2/c1-3-25-19(24)17(14-10-8-13(2)9-11-14)22-23-18-15-6-4-5-7-16(15)20-12-21-18/h4-12H,3H2,1-2H3,(H,20,21,23). The second kappa shape index (κ2) is 7.53. The molecular weight excluding hydrogens is 316 g/mol. The third kappa shape index (κ3) is 3.80. The van der Waals surface area contributed by atoms with Crippen LogP contribution in [0, 0.1) is 6.92 Å². The highest BCUT2D eigenvalue weighted by molar-refractivity contribution is 6.43. The summed E-state index contributed by atoms with van der Waals surface area (Å²) in [4.78, 5) is 20.7. The molecule has 0 amide bonds. The summed E-state index contributed by atoms with van der Waals surface area (Å²) in [6.45, 7) is 4.02. The van der Waals surface area contributed by atoms with E-state index in [0.29, 0.717) is 11.4 Å². The Bertz CT molecular complexity index is 915. The monoisotopic (exact) mass is 334 g/mol. The van der Waals surface area contributed by atoms with E-state index in [1.807, 2.05) is 55.5 Å². The van der Waals surface area contributed by atoms with Crippen molar-refractivity contribution in [3.05, 3.63) is 66.0 Å². The number of esters is 1. The summed E-state index contributed by atoms with van der Waals surface area (Å²) in [7, 11) is 0. The van der Waals surface area contributed by atoms with Gasteiger partial charge in [-0.2, -0.15) is 5.10 Å². The summed E-state index contributed by atoms with van der Waals surface area (Å²) in [6.07, 6.45) is 1.45. The molecule has 0 spiro atoms. The lowest BCUT2D eigenvalue weighted by Gasteiger charge is -2.08. The number of nitrogens with zero attached hydrogens (tertiary/aromatic N) is 3. The number of aryl methyl sites for hydroxylation is 1. The number of hydrogen-bond acceptors (Lipinski definition) is 6. The van der Waals surface area contributed by atoms with Gasteiger partial charge in [0.05, 0.1) is 12.1 Å². The van der Waals surface area contributed by atoms with Crippen LogP contribution in [0.4, 0.5) is 5.82 Å². The zero-order valence-electron chi connectivity index (χ0n) is 14.1. The smallest absolute Gasteiger partial charge is 0.359 e. The minimum atomic E-state index is -0.489. The highest BCUT2D eigenvalue weighted by Gasteiger charge is 2.16. The first-order chi connectivity index (χ1) is 12.2. The first-order valence-electron chi connectivity index (χ1n) is 7.96. The summed E-state index contributed by atoms with van der Waals surface area (Å²) < 4.78 is 5.12. The first-order valence-corrected chi connectivity index (χ1v) is 7.96. The number of rotatable bonds is 5. The Morgan fingerprint density at radius 3 is 2.64 bits per heavy atom. The third-order valence-corrected chi connectivity index (χ3v) is 3.61. The van der Waals surface area contributed by atoms with Crippen molar-refractivity contribution in [2.24, 2.45) is 5.10 Å². The Morgan fingerprint density at radius 1 is 1.12 bits per heavy atom. The Kier molecular flexibility index (Phi) is 4.99. The molecule has 0 radical (unpaired) electrons. The summed E-state index contributed by atoms with van der Waals surface area (Å²) in [5, 5.41) is 5.08. The van der Waals surface area contributed by atoms with Gasteiger partial charge in [-0.3, -0.25) is 5.43 Å². The maximum absolute atomic E-state index is 12.3. The number of anilines is 1. The first kappa shape index (κ1) is 16.6. The van der Waals surface area contributed by atoms with Crippen LogP contribution in [0.5, 0.6) is 0 Å². The Morgan fingerprint density at radius 2 is 1.88 bits per heavy atom. The molecule has 1 N–H and O–H groups in total. The van der Waals surface area contributed by atoms with E-state index in [2.05, 4.69) is 20.5 Å². The molecule has 0 aliphatic rings. The molecule has 6 heteroatoms. The average molecular weight is 334 g/mol. The molecule has 0 aliphatic carbocycles. The molecule has 3 rings (SSSR count). The fraction of sp³-hybridized carbons (Fsp3) is 0.158. The van der Waals surface area contributed by atoms with Crippen molar-refractivity contribution in [1.82, 2.24) is 9.97 Å². The molecule has 2 aromatic carbocycles. The van der Waals surface area contributed by atoms with Gasteiger partial charge in [0, 0.05) is 10.9 Å². The summed E-state index contributed by atoms with van der Waals surface area (Å²) in [6, 6.07) is 15.1. The number of hydrogen-bond donors (Lipinski definition) is 1. The van der Waals surface area contributed by atoms with Crippen LogP contribution < -0.4 is 5.43 Å². The van der Waals surface area contributed by atoms with E-state index < -0.39 is 5.97 Å². The van der Waals surface area contributed by atoms with Gasteiger partial charge in [-0.25, -0.2) is 14.8 Å². The molecule has 0 unspecified atom stereocenters. The molecule has 0 fully saturated rings. The maximum atomic E-state index is 12.3. The lowest BCUT2D eigenvalue weighted by atomic mass is 10.1. The third-order valence-electron chi connectivity index (χ3n) is 3.61. The van der Waals surface area contributed by atoms with Crippen molar-refractivity contribution in [1.29, 1.82) is 0 Å². The predicted octanol–water partition coefficient (Wildman–Crippen LogP) is 3.32. The van der Waals surface area contributed by atoms with Crippen LogP contribution in [0.3, 0.4) is 0 Å². The molecule has 6 nitrogen and oxygen atoms in total. The molecule has 1 aromatic heterocycles. The quantitative estimate of drug-likeness (QED) is 0.440. The second-order valence-corrected chi connectivity index (χ2v) is 5.40. The molecule has 0 atom stereocenters. The van der Waals surface area contributed by atoms with Gasteiger partial charge >= 0.3 is 5.97 Å². The van der Waals surface area contributed by atoms with Crippen LogP contribution in [0.15, 0.2) is 60.0 Å². The van der Waals surface area contributed by atoms with E-state index in [9.17, 15) is 4.79 Å². The van der Waals surface area contributed by atoms with Crippen molar-refractivity contribution < 1.29 is 9.53 Å². The van der Waals surface area contributed by atoms with Gasteiger partial charge in [0.1, 0.15) is 6.33 Å². The minimum Gasteiger partial charge on any atom is -0.461 e. The van der Waals surface area contributed by atoms with Gasteiger partial charge in [0.15, 0.2) is 11.5 Å². The fourth-order valence-corrected chi connectivity index (χ4v) is 2.34.